The fraction of sp³-hybridized carbons (Fsp3) is 0.333. The van der Waals surface area contributed by atoms with Gasteiger partial charge in [0.15, 0.2) is 0 Å². The number of rotatable bonds is 1. The van der Waals surface area contributed by atoms with Crippen LogP contribution in [0.2, 0.25) is 0 Å². The first-order valence-electron chi connectivity index (χ1n) is 5.80. The second-order valence-corrected chi connectivity index (χ2v) is 4.76. The fourth-order valence-electron chi connectivity index (χ4n) is 2.75. The van der Waals surface area contributed by atoms with E-state index in [-0.39, 0.29) is 0 Å². The summed E-state index contributed by atoms with van der Waals surface area (Å²) in [5.41, 5.74) is 11.0. The first kappa shape index (κ1) is 11.0. The molecule has 0 radical (unpaired) electrons. The van der Waals surface area contributed by atoms with Gasteiger partial charge in [0.2, 0.25) is 0 Å². The van der Waals surface area contributed by atoms with Gasteiger partial charge < -0.3 is 5.73 Å². The number of hydrogen-bond acceptors (Lipinski definition) is 1. The van der Waals surface area contributed by atoms with E-state index in [0.717, 1.165) is 5.69 Å². The molecule has 1 aliphatic rings. The number of anilines is 1. The SMILES string of the molecule is CC1=CC(C)C(c2ccccc2N)C(C)=C1. The summed E-state index contributed by atoms with van der Waals surface area (Å²) in [6.07, 6.45) is 4.58. The summed E-state index contributed by atoms with van der Waals surface area (Å²) in [7, 11) is 0. The molecule has 2 rings (SSSR count). The van der Waals surface area contributed by atoms with Crippen molar-refractivity contribution in [2.45, 2.75) is 26.7 Å². The molecule has 84 valence electrons. The summed E-state index contributed by atoms with van der Waals surface area (Å²) < 4.78 is 0. The molecule has 0 aromatic heterocycles. The average Bonchev–Trinajstić information content (AvgIpc) is 2.19. The van der Waals surface area contributed by atoms with Crippen LogP contribution in [-0.4, -0.2) is 0 Å². The van der Waals surface area contributed by atoms with Crippen molar-refractivity contribution in [1.82, 2.24) is 0 Å². The van der Waals surface area contributed by atoms with E-state index in [1.54, 1.807) is 0 Å². The molecule has 1 aliphatic carbocycles. The lowest BCUT2D eigenvalue weighted by Gasteiger charge is -2.28. The summed E-state index contributed by atoms with van der Waals surface area (Å²) >= 11 is 0. The molecule has 1 nitrogen and oxygen atoms in total. The summed E-state index contributed by atoms with van der Waals surface area (Å²) in [6.45, 7) is 6.62. The number of benzene rings is 1. The molecule has 2 N–H and O–H groups in total. The Morgan fingerprint density at radius 3 is 2.44 bits per heavy atom. The predicted molar refractivity (Wildman–Crippen MR) is 70.3 cm³/mol. The van der Waals surface area contributed by atoms with Crippen LogP contribution < -0.4 is 5.73 Å². The number of nitrogens with two attached hydrogens (primary N) is 1. The molecule has 2 atom stereocenters. The molecule has 0 heterocycles. The second-order valence-electron chi connectivity index (χ2n) is 4.76. The summed E-state index contributed by atoms with van der Waals surface area (Å²) in [4.78, 5) is 0. The van der Waals surface area contributed by atoms with E-state index in [4.69, 9.17) is 5.73 Å². The van der Waals surface area contributed by atoms with Gasteiger partial charge in [-0.1, -0.05) is 48.4 Å². The molecule has 1 aromatic rings. The van der Waals surface area contributed by atoms with Crippen LogP contribution in [0.15, 0.2) is 47.6 Å². The monoisotopic (exact) mass is 213 g/mol. The minimum atomic E-state index is 0.435. The van der Waals surface area contributed by atoms with Gasteiger partial charge in [-0.05, 0) is 31.4 Å². The zero-order valence-corrected chi connectivity index (χ0v) is 10.2. The quantitative estimate of drug-likeness (QED) is 0.703. The highest BCUT2D eigenvalue weighted by molar-refractivity contribution is 5.53. The molecule has 0 amide bonds. The largest absolute Gasteiger partial charge is 0.398 e. The van der Waals surface area contributed by atoms with E-state index in [0.29, 0.717) is 11.8 Å². The van der Waals surface area contributed by atoms with Crippen molar-refractivity contribution < 1.29 is 0 Å². The van der Waals surface area contributed by atoms with E-state index in [9.17, 15) is 0 Å². The van der Waals surface area contributed by atoms with E-state index >= 15 is 0 Å². The highest BCUT2D eigenvalue weighted by Crippen LogP contribution is 2.39. The molecule has 1 aromatic carbocycles. The lowest BCUT2D eigenvalue weighted by atomic mass is 9.77. The van der Waals surface area contributed by atoms with Crippen molar-refractivity contribution in [2.75, 3.05) is 5.73 Å². The van der Waals surface area contributed by atoms with Gasteiger partial charge in [0.05, 0.1) is 0 Å². The third-order valence-electron chi connectivity index (χ3n) is 3.33. The van der Waals surface area contributed by atoms with Crippen molar-refractivity contribution in [1.29, 1.82) is 0 Å². The molecule has 0 spiro atoms. The topological polar surface area (TPSA) is 26.0 Å². The van der Waals surface area contributed by atoms with Gasteiger partial charge in [0.25, 0.3) is 0 Å². The van der Waals surface area contributed by atoms with Gasteiger partial charge in [-0.2, -0.15) is 0 Å². The molecule has 0 saturated heterocycles. The normalized spacial score (nSPS) is 24.9. The molecule has 2 unspecified atom stereocenters. The Hall–Kier alpha value is -1.50. The Labute approximate surface area is 97.7 Å². The summed E-state index contributed by atoms with van der Waals surface area (Å²) in [5.74, 6) is 0.958. The third-order valence-corrected chi connectivity index (χ3v) is 3.33. The predicted octanol–water partition coefficient (Wildman–Crippen LogP) is 3.89. The van der Waals surface area contributed by atoms with Gasteiger partial charge in [0, 0.05) is 11.6 Å². The van der Waals surface area contributed by atoms with Gasteiger partial charge in [-0.25, -0.2) is 0 Å². The lowest BCUT2D eigenvalue weighted by Crippen LogP contribution is -2.14. The molecular weight excluding hydrogens is 194 g/mol. The van der Waals surface area contributed by atoms with E-state index < -0.39 is 0 Å². The maximum atomic E-state index is 6.06. The maximum absolute atomic E-state index is 6.06. The molecule has 16 heavy (non-hydrogen) atoms. The first-order valence-corrected chi connectivity index (χ1v) is 5.80. The molecular formula is C15H19N. The standard InChI is InChI=1S/C15H19N/c1-10-8-11(2)15(12(3)9-10)13-6-4-5-7-14(13)16/h4-9,11,15H,16H2,1-3H3. The van der Waals surface area contributed by atoms with Crippen LogP contribution >= 0.6 is 0 Å². The van der Waals surface area contributed by atoms with Crippen molar-refractivity contribution >= 4 is 5.69 Å². The van der Waals surface area contributed by atoms with Crippen molar-refractivity contribution in [3.8, 4) is 0 Å². The smallest absolute Gasteiger partial charge is 0.0352 e. The minimum absolute atomic E-state index is 0.435. The van der Waals surface area contributed by atoms with E-state index in [2.05, 4.69) is 45.1 Å². The zero-order valence-electron chi connectivity index (χ0n) is 10.2. The van der Waals surface area contributed by atoms with Crippen LogP contribution in [0.25, 0.3) is 0 Å². The summed E-state index contributed by atoms with van der Waals surface area (Å²) in [6, 6.07) is 8.19. The molecule has 0 bridgehead atoms. The minimum Gasteiger partial charge on any atom is -0.398 e. The van der Waals surface area contributed by atoms with Crippen LogP contribution in [0.4, 0.5) is 5.69 Å². The number of para-hydroxylation sites is 1. The Morgan fingerprint density at radius 1 is 1.12 bits per heavy atom. The lowest BCUT2D eigenvalue weighted by molar-refractivity contribution is 0.602. The average molecular weight is 213 g/mol. The fourth-order valence-corrected chi connectivity index (χ4v) is 2.75. The van der Waals surface area contributed by atoms with Gasteiger partial charge in [-0.15, -0.1) is 0 Å². The van der Waals surface area contributed by atoms with Crippen LogP contribution in [0.1, 0.15) is 32.3 Å². The Kier molecular flexibility index (Phi) is 2.86. The number of allylic oxidation sites excluding steroid dienone is 4. The van der Waals surface area contributed by atoms with Crippen LogP contribution in [0.5, 0.6) is 0 Å². The first-order chi connectivity index (χ1) is 7.59. The van der Waals surface area contributed by atoms with Crippen LogP contribution in [0.3, 0.4) is 0 Å². The van der Waals surface area contributed by atoms with Crippen molar-refractivity contribution in [3.63, 3.8) is 0 Å². The maximum Gasteiger partial charge on any atom is 0.0352 e. The van der Waals surface area contributed by atoms with Gasteiger partial charge in [0.1, 0.15) is 0 Å². The Morgan fingerprint density at radius 2 is 1.81 bits per heavy atom. The van der Waals surface area contributed by atoms with Crippen LogP contribution in [-0.2, 0) is 0 Å². The Balaban J connectivity index is 2.43. The summed E-state index contributed by atoms with van der Waals surface area (Å²) in [5, 5.41) is 0. The molecule has 0 fully saturated rings. The van der Waals surface area contributed by atoms with Gasteiger partial charge in [-0.3, -0.25) is 0 Å². The zero-order chi connectivity index (χ0) is 11.7. The number of nitrogen functional groups attached to an aromatic ring is 1. The molecule has 0 saturated carbocycles. The highest BCUT2D eigenvalue weighted by atomic mass is 14.6. The van der Waals surface area contributed by atoms with E-state index in [1.807, 2.05) is 12.1 Å². The highest BCUT2D eigenvalue weighted by Gasteiger charge is 2.23. The molecule has 1 heteroatoms. The van der Waals surface area contributed by atoms with Crippen molar-refractivity contribution in [3.05, 3.63) is 53.1 Å². The van der Waals surface area contributed by atoms with E-state index in [1.165, 1.54) is 16.7 Å². The third kappa shape index (κ3) is 1.90. The van der Waals surface area contributed by atoms with Crippen molar-refractivity contribution in [2.24, 2.45) is 5.92 Å². The van der Waals surface area contributed by atoms with Gasteiger partial charge >= 0.3 is 0 Å². The number of hydrogen-bond donors (Lipinski definition) is 1. The van der Waals surface area contributed by atoms with Crippen LogP contribution in [0, 0.1) is 5.92 Å². The second kappa shape index (κ2) is 4.17. The Bertz CT molecular complexity index is 454. The molecule has 0 aliphatic heterocycles.